The van der Waals surface area contributed by atoms with E-state index in [9.17, 15) is 4.79 Å². The third-order valence-electron chi connectivity index (χ3n) is 4.53. The second kappa shape index (κ2) is 11.3. The summed E-state index contributed by atoms with van der Waals surface area (Å²) in [6, 6.07) is 19.7. The number of thioether (sulfide) groups is 1. The summed E-state index contributed by atoms with van der Waals surface area (Å²) in [5.41, 5.74) is 4.70. The molecule has 0 aliphatic carbocycles. The van der Waals surface area contributed by atoms with Crippen molar-refractivity contribution in [2.24, 2.45) is 5.10 Å². The summed E-state index contributed by atoms with van der Waals surface area (Å²) in [5, 5.41) is 15.1. The van der Waals surface area contributed by atoms with E-state index < -0.39 is 0 Å². The number of hydrogen-bond donors (Lipinski definition) is 1. The van der Waals surface area contributed by atoms with Crippen molar-refractivity contribution in [3.8, 4) is 17.1 Å². The SMILES string of the molecule is O=C(CSc1nnc(-c2ccc(Cl)cc2)n1-c1ccc(Cl)cc1)N/N=C\c1cccc(Cl)c1Cl. The van der Waals surface area contributed by atoms with Gasteiger partial charge in [-0.25, -0.2) is 5.43 Å². The molecule has 34 heavy (non-hydrogen) atoms. The fourth-order valence-electron chi connectivity index (χ4n) is 2.93. The predicted octanol–water partition coefficient (Wildman–Crippen LogP) is 6.79. The number of amides is 1. The average molecular weight is 551 g/mol. The van der Waals surface area contributed by atoms with Gasteiger partial charge in [0, 0.05) is 26.9 Å². The largest absolute Gasteiger partial charge is 0.272 e. The van der Waals surface area contributed by atoms with Crippen molar-refractivity contribution in [1.29, 1.82) is 0 Å². The quantitative estimate of drug-likeness (QED) is 0.156. The number of carbonyl (C=O) groups excluding carboxylic acids is 1. The molecule has 6 nitrogen and oxygen atoms in total. The van der Waals surface area contributed by atoms with Crippen LogP contribution < -0.4 is 5.43 Å². The van der Waals surface area contributed by atoms with E-state index in [1.54, 1.807) is 42.5 Å². The Bertz CT molecular complexity index is 1340. The Hall–Kier alpha value is -2.55. The molecule has 3 aromatic carbocycles. The van der Waals surface area contributed by atoms with Crippen molar-refractivity contribution in [3.05, 3.63) is 92.4 Å². The Morgan fingerprint density at radius 3 is 2.32 bits per heavy atom. The predicted molar refractivity (Wildman–Crippen MR) is 140 cm³/mol. The molecule has 1 aromatic heterocycles. The molecule has 4 aromatic rings. The van der Waals surface area contributed by atoms with Gasteiger partial charge < -0.3 is 0 Å². The van der Waals surface area contributed by atoms with Gasteiger partial charge in [-0.3, -0.25) is 9.36 Å². The topological polar surface area (TPSA) is 72.2 Å². The summed E-state index contributed by atoms with van der Waals surface area (Å²) in [5.74, 6) is 0.348. The fourth-order valence-corrected chi connectivity index (χ4v) is 4.28. The minimum atomic E-state index is -0.321. The third-order valence-corrected chi connectivity index (χ3v) is 6.79. The van der Waals surface area contributed by atoms with Crippen molar-refractivity contribution in [2.75, 3.05) is 5.75 Å². The molecule has 0 spiro atoms. The fraction of sp³-hybridized carbons (Fsp3) is 0.0435. The van der Waals surface area contributed by atoms with Gasteiger partial charge in [-0.1, -0.05) is 70.3 Å². The van der Waals surface area contributed by atoms with Crippen LogP contribution in [-0.2, 0) is 4.79 Å². The van der Waals surface area contributed by atoms with Crippen LogP contribution >= 0.6 is 58.2 Å². The van der Waals surface area contributed by atoms with E-state index >= 15 is 0 Å². The monoisotopic (exact) mass is 549 g/mol. The first kappa shape index (κ1) is 24.6. The summed E-state index contributed by atoms with van der Waals surface area (Å²) in [4.78, 5) is 12.4. The maximum absolute atomic E-state index is 12.4. The van der Waals surface area contributed by atoms with Gasteiger partial charge in [-0.05, 0) is 54.6 Å². The molecule has 4 rings (SSSR count). The van der Waals surface area contributed by atoms with Crippen LogP contribution in [0.3, 0.4) is 0 Å². The zero-order chi connectivity index (χ0) is 24.1. The van der Waals surface area contributed by atoms with Gasteiger partial charge in [0.2, 0.25) is 0 Å². The van der Waals surface area contributed by atoms with Crippen molar-refractivity contribution >= 4 is 70.3 Å². The van der Waals surface area contributed by atoms with Gasteiger partial charge in [0.05, 0.1) is 22.0 Å². The van der Waals surface area contributed by atoms with Crippen LogP contribution in [0.15, 0.2) is 77.0 Å². The second-order valence-electron chi connectivity index (χ2n) is 6.85. The molecule has 0 fully saturated rings. The van der Waals surface area contributed by atoms with Crippen LogP contribution in [0.25, 0.3) is 17.1 Å². The van der Waals surface area contributed by atoms with Crippen LogP contribution in [0.4, 0.5) is 0 Å². The number of aromatic nitrogens is 3. The molecule has 0 radical (unpaired) electrons. The number of rotatable bonds is 7. The van der Waals surface area contributed by atoms with E-state index in [4.69, 9.17) is 46.4 Å². The minimum Gasteiger partial charge on any atom is -0.272 e. The van der Waals surface area contributed by atoms with Gasteiger partial charge in [-0.15, -0.1) is 10.2 Å². The number of halogens is 4. The summed E-state index contributed by atoms with van der Waals surface area (Å²) in [6.07, 6.45) is 1.44. The molecule has 0 saturated carbocycles. The van der Waals surface area contributed by atoms with Gasteiger partial charge in [-0.2, -0.15) is 5.10 Å². The number of nitrogens with one attached hydrogen (secondary N) is 1. The first-order chi connectivity index (χ1) is 16.4. The van der Waals surface area contributed by atoms with Gasteiger partial charge >= 0.3 is 0 Å². The van der Waals surface area contributed by atoms with E-state index in [1.165, 1.54) is 18.0 Å². The molecule has 0 aliphatic rings. The molecule has 0 aliphatic heterocycles. The number of carbonyl (C=O) groups is 1. The maximum Gasteiger partial charge on any atom is 0.250 e. The highest BCUT2D eigenvalue weighted by Gasteiger charge is 2.17. The molecular formula is C23H15Cl4N5OS. The normalized spacial score (nSPS) is 11.2. The minimum absolute atomic E-state index is 0.0625. The highest BCUT2D eigenvalue weighted by molar-refractivity contribution is 7.99. The summed E-state index contributed by atoms with van der Waals surface area (Å²) >= 11 is 25.4. The first-order valence-corrected chi connectivity index (χ1v) is 12.3. The zero-order valence-electron chi connectivity index (χ0n) is 17.3. The molecule has 0 saturated heterocycles. The van der Waals surface area contributed by atoms with Crippen molar-refractivity contribution in [2.45, 2.75) is 5.16 Å². The Balaban J connectivity index is 1.51. The average Bonchev–Trinajstić information content (AvgIpc) is 3.25. The number of hydrazone groups is 1. The van der Waals surface area contributed by atoms with Crippen molar-refractivity contribution < 1.29 is 4.79 Å². The maximum atomic E-state index is 12.4. The second-order valence-corrected chi connectivity index (χ2v) is 9.45. The molecular weight excluding hydrogens is 536 g/mol. The van der Waals surface area contributed by atoms with Gasteiger partial charge in [0.25, 0.3) is 5.91 Å². The van der Waals surface area contributed by atoms with Crippen LogP contribution in [0.1, 0.15) is 5.56 Å². The highest BCUT2D eigenvalue weighted by atomic mass is 35.5. The van der Waals surface area contributed by atoms with Crippen LogP contribution in [0, 0.1) is 0 Å². The van der Waals surface area contributed by atoms with Crippen LogP contribution in [0.5, 0.6) is 0 Å². The summed E-state index contributed by atoms with van der Waals surface area (Å²) in [6.45, 7) is 0. The molecule has 0 unspecified atom stereocenters. The lowest BCUT2D eigenvalue weighted by Crippen LogP contribution is -2.20. The lowest BCUT2D eigenvalue weighted by Gasteiger charge is -2.10. The van der Waals surface area contributed by atoms with Crippen molar-refractivity contribution in [3.63, 3.8) is 0 Å². The highest BCUT2D eigenvalue weighted by Crippen LogP contribution is 2.29. The van der Waals surface area contributed by atoms with E-state index in [0.29, 0.717) is 36.6 Å². The number of hydrogen-bond acceptors (Lipinski definition) is 5. The first-order valence-electron chi connectivity index (χ1n) is 9.78. The van der Waals surface area contributed by atoms with E-state index in [-0.39, 0.29) is 11.7 Å². The van der Waals surface area contributed by atoms with E-state index in [1.807, 2.05) is 28.8 Å². The molecule has 11 heteroatoms. The number of nitrogens with zero attached hydrogens (tertiary/aromatic N) is 4. The van der Waals surface area contributed by atoms with Crippen LogP contribution in [-0.4, -0.2) is 32.6 Å². The number of benzene rings is 3. The molecule has 1 heterocycles. The lowest BCUT2D eigenvalue weighted by molar-refractivity contribution is -0.118. The molecule has 0 atom stereocenters. The van der Waals surface area contributed by atoms with Crippen LogP contribution in [0.2, 0.25) is 20.1 Å². The van der Waals surface area contributed by atoms with Crippen molar-refractivity contribution in [1.82, 2.24) is 20.2 Å². The molecule has 172 valence electrons. The molecule has 0 bridgehead atoms. The Morgan fingerprint density at radius 1 is 0.941 bits per heavy atom. The third kappa shape index (κ3) is 5.92. The molecule has 1 amide bonds. The van der Waals surface area contributed by atoms with Gasteiger partial charge in [0.1, 0.15) is 0 Å². The summed E-state index contributed by atoms with van der Waals surface area (Å²) < 4.78 is 1.85. The summed E-state index contributed by atoms with van der Waals surface area (Å²) in [7, 11) is 0. The van der Waals surface area contributed by atoms with E-state index in [2.05, 4.69) is 20.7 Å². The smallest absolute Gasteiger partial charge is 0.250 e. The van der Waals surface area contributed by atoms with E-state index in [0.717, 1.165) is 11.3 Å². The Labute approximate surface area is 219 Å². The molecule has 1 N–H and O–H groups in total. The Kier molecular flexibility index (Phi) is 8.13. The Morgan fingerprint density at radius 2 is 1.62 bits per heavy atom. The lowest BCUT2D eigenvalue weighted by atomic mass is 10.2. The zero-order valence-corrected chi connectivity index (χ0v) is 21.1. The standard InChI is InChI=1S/C23H15Cl4N5OS/c24-16-6-4-14(5-7-16)22-30-31-23(32(22)18-10-8-17(25)9-11-18)34-13-20(33)29-28-12-15-2-1-3-19(26)21(15)27/h1-12H,13H2,(H,29,33)/b28-12-. The van der Waals surface area contributed by atoms with Gasteiger partial charge in [0.15, 0.2) is 11.0 Å².